The highest BCUT2D eigenvalue weighted by Gasteiger charge is 2.38. The van der Waals surface area contributed by atoms with E-state index in [1.54, 1.807) is 12.1 Å². The van der Waals surface area contributed by atoms with Gasteiger partial charge in [-0.3, -0.25) is 19.3 Å². The number of carbonyl (C=O) groups is 3. The van der Waals surface area contributed by atoms with Crippen molar-refractivity contribution < 1.29 is 14.4 Å². The fourth-order valence-electron chi connectivity index (χ4n) is 2.75. The van der Waals surface area contributed by atoms with Crippen LogP contribution in [-0.4, -0.2) is 33.6 Å². The third-order valence-corrected chi connectivity index (χ3v) is 5.13. The zero-order valence-electron chi connectivity index (χ0n) is 14.3. The zero-order valence-corrected chi connectivity index (χ0v) is 15.1. The molecule has 7 heteroatoms. The Hall–Kier alpha value is -2.54. The van der Waals surface area contributed by atoms with Gasteiger partial charge in [-0.2, -0.15) is 0 Å². The predicted octanol–water partition coefficient (Wildman–Crippen LogP) is 2.78. The molecule has 1 aliphatic heterocycles. The average molecular weight is 357 g/mol. The predicted molar refractivity (Wildman–Crippen MR) is 94.7 cm³/mol. The van der Waals surface area contributed by atoms with Crippen LogP contribution in [0, 0.1) is 6.92 Å². The van der Waals surface area contributed by atoms with Gasteiger partial charge in [0.15, 0.2) is 0 Å². The Kier molecular flexibility index (Phi) is 4.67. The quantitative estimate of drug-likeness (QED) is 0.835. The van der Waals surface area contributed by atoms with Crippen LogP contribution in [0.2, 0.25) is 0 Å². The summed E-state index contributed by atoms with van der Waals surface area (Å²) in [6, 6.07) is 4.46. The van der Waals surface area contributed by atoms with Gasteiger partial charge in [-0.15, -0.1) is 11.3 Å². The second-order valence-electron chi connectivity index (χ2n) is 6.04. The van der Waals surface area contributed by atoms with Gasteiger partial charge >= 0.3 is 0 Å². The van der Waals surface area contributed by atoms with E-state index in [1.807, 2.05) is 26.2 Å². The number of hydrogen-bond donors (Lipinski definition) is 1. The highest BCUT2D eigenvalue weighted by atomic mass is 32.1. The third kappa shape index (κ3) is 3.19. The Morgan fingerprint density at radius 3 is 2.64 bits per heavy atom. The summed E-state index contributed by atoms with van der Waals surface area (Å²) in [5, 5.41) is 5.62. The number of aromatic nitrogens is 1. The van der Waals surface area contributed by atoms with Crippen molar-refractivity contribution in [3.05, 3.63) is 51.0 Å². The largest absolute Gasteiger partial charge is 0.346 e. The average Bonchev–Trinajstić information content (AvgIpc) is 3.13. The monoisotopic (exact) mass is 357 g/mol. The molecule has 0 saturated carbocycles. The van der Waals surface area contributed by atoms with Gasteiger partial charge in [-0.05, 0) is 38.5 Å². The highest BCUT2D eigenvalue weighted by molar-refractivity contribution is 7.09. The number of fused-ring (bicyclic) bond motifs is 1. The maximum atomic E-state index is 12.5. The van der Waals surface area contributed by atoms with E-state index in [2.05, 4.69) is 10.3 Å². The van der Waals surface area contributed by atoms with Crippen molar-refractivity contribution in [3.63, 3.8) is 0 Å². The van der Waals surface area contributed by atoms with E-state index in [-0.39, 0.29) is 23.8 Å². The molecular formula is C18H19N3O3S. The molecule has 0 aliphatic carbocycles. The molecule has 1 N–H and O–H groups in total. The standard InChI is InChI=1S/C18H19N3O3S/c1-4-10(2)21-17(23)14-6-5-12(7-15(14)18(21)24)16(22)19-8-13-9-25-11(3)20-13/h5-7,9-10H,4,8H2,1-3H3,(H,19,22). The Balaban J connectivity index is 1.78. The van der Waals surface area contributed by atoms with Crippen LogP contribution in [0.15, 0.2) is 23.6 Å². The highest BCUT2D eigenvalue weighted by Crippen LogP contribution is 2.26. The first-order valence-corrected chi connectivity index (χ1v) is 9.01. The summed E-state index contributed by atoms with van der Waals surface area (Å²) in [7, 11) is 0. The molecule has 0 spiro atoms. The van der Waals surface area contributed by atoms with Crippen LogP contribution in [0.1, 0.15) is 62.0 Å². The maximum Gasteiger partial charge on any atom is 0.261 e. The number of aryl methyl sites for hydroxylation is 1. The Labute approximate surface area is 149 Å². The number of carbonyl (C=O) groups excluding carboxylic acids is 3. The minimum atomic E-state index is -0.334. The van der Waals surface area contributed by atoms with Crippen LogP contribution in [0.25, 0.3) is 0 Å². The lowest BCUT2D eigenvalue weighted by atomic mass is 10.1. The molecule has 0 bridgehead atoms. The zero-order chi connectivity index (χ0) is 18.1. The summed E-state index contributed by atoms with van der Waals surface area (Å²) in [4.78, 5) is 42.8. The van der Waals surface area contributed by atoms with Gasteiger partial charge in [0, 0.05) is 17.0 Å². The number of amides is 3. The third-order valence-electron chi connectivity index (χ3n) is 4.31. The summed E-state index contributed by atoms with van der Waals surface area (Å²) >= 11 is 1.52. The first kappa shape index (κ1) is 17.3. The van der Waals surface area contributed by atoms with Gasteiger partial charge < -0.3 is 5.32 Å². The normalized spacial score (nSPS) is 14.6. The van der Waals surface area contributed by atoms with Gasteiger partial charge in [0.05, 0.1) is 28.4 Å². The first-order chi connectivity index (χ1) is 11.9. The van der Waals surface area contributed by atoms with E-state index >= 15 is 0 Å². The molecule has 1 atom stereocenters. The fourth-order valence-corrected chi connectivity index (χ4v) is 3.36. The summed E-state index contributed by atoms with van der Waals surface area (Å²) in [6.45, 7) is 5.99. The van der Waals surface area contributed by atoms with Crippen LogP contribution in [0.3, 0.4) is 0 Å². The van der Waals surface area contributed by atoms with Crippen LogP contribution >= 0.6 is 11.3 Å². The minimum Gasteiger partial charge on any atom is -0.346 e. The second-order valence-corrected chi connectivity index (χ2v) is 7.10. The molecule has 0 saturated heterocycles. The lowest BCUT2D eigenvalue weighted by Gasteiger charge is -2.20. The number of rotatable bonds is 5. The molecule has 1 aromatic heterocycles. The topological polar surface area (TPSA) is 79.4 Å². The first-order valence-electron chi connectivity index (χ1n) is 8.13. The molecule has 3 amide bonds. The van der Waals surface area contributed by atoms with Crippen molar-refractivity contribution in [3.8, 4) is 0 Å². The van der Waals surface area contributed by atoms with E-state index in [0.717, 1.165) is 10.7 Å². The van der Waals surface area contributed by atoms with Crippen molar-refractivity contribution in [1.29, 1.82) is 0 Å². The van der Waals surface area contributed by atoms with Gasteiger partial charge in [0.25, 0.3) is 17.7 Å². The lowest BCUT2D eigenvalue weighted by Crippen LogP contribution is -2.37. The van der Waals surface area contributed by atoms with E-state index in [0.29, 0.717) is 29.7 Å². The molecule has 130 valence electrons. The molecule has 1 unspecified atom stereocenters. The lowest BCUT2D eigenvalue weighted by molar-refractivity contribution is 0.0593. The van der Waals surface area contributed by atoms with E-state index in [4.69, 9.17) is 0 Å². The van der Waals surface area contributed by atoms with E-state index < -0.39 is 0 Å². The van der Waals surface area contributed by atoms with Gasteiger partial charge in [-0.25, -0.2) is 4.98 Å². The van der Waals surface area contributed by atoms with Crippen molar-refractivity contribution in [2.75, 3.05) is 0 Å². The molecule has 6 nitrogen and oxygen atoms in total. The van der Waals surface area contributed by atoms with E-state index in [9.17, 15) is 14.4 Å². The summed E-state index contributed by atoms with van der Waals surface area (Å²) < 4.78 is 0. The number of hydrogen-bond acceptors (Lipinski definition) is 5. The Bertz CT molecular complexity index is 859. The summed E-state index contributed by atoms with van der Waals surface area (Å²) in [5.74, 6) is -0.922. The Morgan fingerprint density at radius 2 is 2.00 bits per heavy atom. The molecule has 2 heterocycles. The summed E-state index contributed by atoms with van der Waals surface area (Å²) in [5.41, 5.74) is 1.81. The van der Waals surface area contributed by atoms with Gasteiger partial charge in [-0.1, -0.05) is 6.92 Å². The molecule has 0 fully saturated rings. The van der Waals surface area contributed by atoms with Crippen LogP contribution < -0.4 is 5.32 Å². The van der Waals surface area contributed by atoms with Crippen LogP contribution in [-0.2, 0) is 6.54 Å². The second kappa shape index (κ2) is 6.76. The van der Waals surface area contributed by atoms with E-state index in [1.165, 1.54) is 22.3 Å². The number of imide groups is 1. The smallest absolute Gasteiger partial charge is 0.261 e. The Morgan fingerprint density at radius 1 is 1.28 bits per heavy atom. The van der Waals surface area contributed by atoms with Crippen molar-refractivity contribution in [1.82, 2.24) is 15.2 Å². The minimum absolute atomic E-state index is 0.169. The molecule has 25 heavy (non-hydrogen) atoms. The maximum absolute atomic E-state index is 12.5. The molecule has 1 aromatic carbocycles. The molecular weight excluding hydrogens is 338 g/mol. The molecule has 2 aromatic rings. The van der Waals surface area contributed by atoms with Crippen molar-refractivity contribution in [2.24, 2.45) is 0 Å². The summed E-state index contributed by atoms with van der Waals surface area (Å²) in [6.07, 6.45) is 0.686. The SMILES string of the molecule is CCC(C)N1C(=O)c2ccc(C(=O)NCc3csc(C)n3)cc2C1=O. The number of thiazole rings is 1. The number of nitrogens with zero attached hydrogens (tertiary/aromatic N) is 2. The molecule has 0 radical (unpaired) electrons. The number of nitrogens with one attached hydrogen (secondary N) is 1. The number of benzene rings is 1. The van der Waals surface area contributed by atoms with Crippen LogP contribution in [0.4, 0.5) is 0 Å². The van der Waals surface area contributed by atoms with Crippen LogP contribution in [0.5, 0.6) is 0 Å². The van der Waals surface area contributed by atoms with Crippen molar-refractivity contribution >= 4 is 29.1 Å². The van der Waals surface area contributed by atoms with Gasteiger partial charge in [0.2, 0.25) is 0 Å². The van der Waals surface area contributed by atoms with Crippen molar-refractivity contribution in [2.45, 2.75) is 39.8 Å². The van der Waals surface area contributed by atoms with Gasteiger partial charge in [0.1, 0.15) is 0 Å². The molecule has 1 aliphatic rings. The molecule has 3 rings (SSSR count). The fraction of sp³-hybridized carbons (Fsp3) is 0.333.